The van der Waals surface area contributed by atoms with Crippen LogP contribution in [0.2, 0.25) is 10.0 Å². The number of benzene rings is 1. The maximum Gasteiger partial charge on any atom is 0.257 e. The molecule has 1 aliphatic heterocycles. The molecule has 0 unspecified atom stereocenters. The lowest BCUT2D eigenvalue weighted by Gasteiger charge is -2.24. The molecule has 0 aliphatic carbocycles. The highest BCUT2D eigenvalue weighted by Gasteiger charge is 2.20. The van der Waals surface area contributed by atoms with Gasteiger partial charge in [-0.15, -0.1) is 0 Å². The normalized spacial score (nSPS) is 15.1. The molecule has 2 N–H and O–H groups in total. The molecule has 1 aromatic carbocycles. The van der Waals surface area contributed by atoms with E-state index in [-0.39, 0.29) is 17.8 Å². The first kappa shape index (κ1) is 17.0. The number of amides is 1. The molecule has 0 atom stereocenters. The van der Waals surface area contributed by atoms with Crippen LogP contribution in [0.5, 0.6) is 11.6 Å². The van der Waals surface area contributed by atoms with E-state index in [1.54, 1.807) is 36.5 Å². The smallest absolute Gasteiger partial charge is 0.257 e. The van der Waals surface area contributed by atoms with Gasteiger partial charge >= 0.3 is 0 Å². The number of nitrogens with one attached hydrogen (secondary N) is 2. The van der Waals surface area contributed by atoms with Gasteiger partial charge in [0.2, 0.25) is 5.88 Å². The monoisotopic (exact) mass is 365 g/mol. The molecule has 5 nitrogen and oxygen atoms in total. The number of halogens is 2. The number of ether oxygens (including phenoxy) is 1. The molecule has 126 valence electrons. The number of hydrogen-bond acceptors (Lipinski definition) is 4. The molecule has 1 fully saturated rings. The predicted octanol–water partition coefficient (Wildman–Crippen LogP) is 3.66. The van der Waals surface area contributed by atoms with Gasteiger partial charge in [0.25, 0.3) is 5.91 Å². The van der Waals surface area contributed by atoms with Gasteiger partial charge in [-0.05, 0) is 56.3 Å². The van der Waals surface area contributed by atoms with Crippen LogP contribution in [0, 0.1) is 0 Å². The Bertz CT molecular complexity index is 734. The minimum absolute atomic E-state index is 0.158. The summed E-state index contributed by atoms with van der Waals surface area (Å²) in [5.41, 5.74) is 0.377. The van der Waals surface area contributed by atoms with Crippen LogP contribution < -0.4 is 15.4 Å². The average molecular weight is 366 g/mol. The molecule has 1 amide bonds. The maximum atomic E-state index is 12.6. The van der Waals surface area contributed by atoms with Gasteiger partial charge in [0, 0.05) is 17.3 Å². The Morgan fingerprint density at radius 3 is 2.79 bits per heavy atom. The molecule has 3 rings (SSSR count). The van der Waals surface area contributed by atoms with Gasteiger partial charge in [-0.1, -0.05) is 23.2 Å². The fourth-order valence-corrected chi connectivity index (χ4v) is 2.98. The summed E-state index contributed by atoms with van der Waals surface area (Å²) in [5, 5.41) is 7.17. The van der Waals surface area contributed by atoms with Crippen LogP contribution in [0.3, 0.4) is 0 Å². The van der Waals surface area contributed by atoms with Crippen molar-refractivity contribution in [3.8, 4) is 11.6 Å². The quantitative estimate of drug-likeness (QED) is 0.867. The van der Waals surface area contributed by atoms with Crippen molar-refractivity contribution in [1.82, 2.24) is 15.6 Å². The van der Waals surface area contributed by atoms with E-state index >= 15 is 0 Å². The summed E-state index contributed by atoms with van der Waals surface area (Å²) in [7, 11) is 0. The number of nitrogens with zero attached hydrogens (tertiary/aromatic N) is 1. The average Bonchev–Trinajstić information content (AvgIpc) is 2.59. The number of carbonyl (C=O) groups is 1. The van der Waals surface area contributed by atoms with Crippen molar-refractivity contribution in [2.45, 2.75) is 18.9 Å². The highest BCUT2D eigenvalue weighted by atomic mass is 35.5. The van der Waals surface area contributed by atoms with Gasteiger partial charge in [0.1, 0.15) is 11.3 Å². The molecule has 2 heterocycles. The third-order valence-electron chi connectivity index (χ3n) is 3.79. The lowest BCUT2D eigenvalue weighted by atomic mass is 10.1. The Balaban J connectivity index is 1.78. The number of carbonyl (C=O) groups excluding carboxylic acids is 1. The van der Waals surface area contributed by atoms with Gasteiger partial charge < -0.3 is 15.4 Å². The van der Waals surface area contributed by atoms with Crippen molar-refractivity contribution in [2.75, 3.05) is 13.1 Å². The molecular weight excluding hydrogens is 349 g/mol. The van der Waals surface area contributed by atoms with E-state index in [1.807, 2.05) is 0 Å². The highest BCUT2D eigenvalue weighted by molar-refractivity contribution is 6.35. The van der Waals surface area contributed by atoms with E-state index in [1.165, 1.54) is 0 Å². The molecule has 0 radical (unpaired) electrons. The van der Waals surface area contributed by atoms with Crippen molar-refractivity contribution in [3.05, 3.63) is 52.1 Å². The summed E-state index contributed by atoms with van der Waals surface area (Å²) in [5.74, 6) is 0.416. The number of rotatable bonds is 4. The van der Waals surface area contributed by atoms with Crippen LogP contribution >= 0.6 is 23.2 Å². The highest BCUT2D eigenvalue weighted by Crippen LogP contribution is 2.32. The van der Waals surface area contributed by atoms with Gasteiger partial charge in [-0.3, -0.25) is 4.79 Å². The van der Waals surface area contributed by atoms with E-state index < -0.39 is 0 Å². The Morgan fingerprint density at radius 1 is 1.25 bits per heavy atom. The van der Waals surface area contributed by atoms with Crippen LogP contribution in [-0.2, 0) is 0 Å². The Kier molecular flexibility index (Phi) is 5.56. The summed E-state index contributed by atoms with van der Waals surface area (Å²) in [6.07, 6.45) is 3.39. The number of pyridine rings is 1. The second-order valence-electron chi connectivity index (χ2n) is 5.53. The summed E-state index contributed by atoms with van der Waals surface area (Å²) >= 11 is 12.0. The first-order chi connectivity index (χ1) is 11.6. The summed E-state index contributed by atoms with van der Waals surface area (Å²) < 4.78 is 5.73. The Morgan fingerprint density at radius 2 is 2.04 bits per heavy atom. The first-order valence-electron chi connectivity index (χ1n) is 7.73. The van der Waals surface area contributed by atoms with Crippen molar-refractivity contribution in [1.29, 1.82) is 0 Å². The zero-order valence-electron chi connectivity index (χ0n) is 12.9. The number of piperidine rings is 1. The molecule has 24 heavy (non-hydrogen) atoms. The molecule has 0 saturated carbocycles. The van der Waals surface area contributed by atoms with E-state index in [4.69, 9.17) is 27.9 Å². The van der Waals surface area contributed by atoms with E-state index in [0.717, 1.165) is 25.9 Å². The van der Waals surface area contributed by atoms with Crippen LogP contribution in [0.15, 0.2) is 36.5 Å². The third-order valence-corrected chi connectivity index (χ3v) is 4.32. The molecule has 0 spiro atoms. The molecule has 1 aliphatic rings. The SMILES string of the molecule is O=C(NC1CCNCC1)c1cccnc1Oc1ccc(Cl)cc1Cl. The van der Waals surface area contributed by atoms with Crippen molar-refractivity contribution in [3.63, 3.8) is 0 Å². The summed E-state index contributed by atoms with van der Waals surface area (Å²) in [6.45, 7) is 1.81. The molecule has 7 heteroatoms. The zero-order chi connectivity index (χ0) is 16.9. The molecule has 0 bridgehead atoms. The predicted molar refractivity (Wildman–Crippen MR) is 94.1 cm³/mol. The largest absolute Gasteiger partial charge is 0.437 e. The molecule has 1 saturated heterocycles. The first-order valence-corrected chi connectivity index (χ1v) is 8.48. The zero-order valence-corrected chi connectivity index (χ0v) is 14.4. The fraction of sp³-hybridized carbons (Fsp3) is 0.294. The Hall–Kier alpha value is -1.82. The van der Waals surface area contributed by atoms with Crippen molar-refractivity contribution in [2.24, 2.45) is 0 Å². The third kappa shape index (κ3) is 4.17. The molecular formula is C17H17Cl2N3O2. The van der Waals surface area contributed by atoms with E-state index in [0.29, 0.717) is 21.4 Å². The second kappa shape index (κ2) is 7.83. The summed E-state index contributed by atoms with van der Waals surface area (Å²) in [6, 6.07) is 8.44. The topological polar surface area (TPSA) is 63.2 Å². The minimum Gasteiger partial charge on any atom is -0.437 e. The van der Waals surface area contributed by atoms with E-state index in [9.17, 15) is 4.79 Å². The summed E-state index contributed by atoms with van der Waals surface area (Å²) in [4.78, 5) is 16.7. The van der Waals surface area contributed by atoms with E-state index in [2.05, 4.69) is 15.6 Å². The maximum absolute atomic E-state index is 12.6. The number of hydrogen-bond donors (Lipinski definition) is 2. The standard InChI is InChI=1S/C17H17Cl2N3O2/c18-11-3-4-15(14(19)10-11)24-17-13(2-1-7-21-17)16(23)22-12-5-8-20-9-6-12/h1-4,7,10,12,20H,5-6,8-9H2,(H,22,23). The van der Waals surface area contributed by atoms with Gasteiger partial charge in [-0.25, -0.2) is 4.98 Å². The minimum atomic E-state index is -0.199. The van der Waals surface area contributed by atoms with Crippen LogP contribution in [-0.4, -0.2) is 30.0 Å². The Labute approximate surface area is 150 Å². The van der Waals surface area contributed by atoms with Crippen LogP contribution in [0.4, 0.5) is 0 Å². The van der Waals surface area contributed by atoms with Crippen LogP contribution in [0.1, 0.15) is 23.2 Å². The van der Waals surface area contributed by atoms with Gasteiger partial charge in [0.05, 0.1) is 5.02 Å². The second-order valence-corrected chi connectivity index (χ2v) is 6.37. The van der Waals surface area contributed by atoms with Crippen molar-refractivity contribution < 1.29 is 9.53 Å². The molecule has 2 aromatic rings. The van der Waals surface area contributed by atoms with Crippen molar-refractivity contribution >= 4 is 29.1 Å². The van der Waals surface area contributed by atoms with Crippen LogP contribution in [0.25, 0.3) is 0 Å². The number of aromatic nitrogens is 1. The van der Waals surface area contributed by atoms with Gasteiger partial charge in [-0.2, -0.15) is 0 Å². The lowest BCUT2D eigenvalue weighted by Crippen LogP contribution is -2.42. The fourth-order valence-electron chi connectivity index (χ4n) is 2.54. The lowest BCUT2D eigenvalue weighted by molar-refractivity contribution is 0.0926. The molecule has 1 aromatic heterocycles. The van der Waals surface area contributed by atoms with Gasteiger partial charge in [0.15, 0.2) is 0 Å².